The van der Waals surface area contributed by atoms with Crippen molar-refractivity contribution in [2.24, 2.45) is 0 Å². The molecule has 4 aliphatic heterocycles. The Balaban J connectivity index is 1.34. The normalized spacial score (nSPS) is 25.9. The van der Waals surface area contributed by atoms with E-state index in [1.807, 2.05) is 0 Å². The lowest BCUT2D eigenvalue weighted by Crippen LogP contribution is -2.60. The summed E-state index contributed by atoms with van der Waals surface area (Å²) in [5.74, 6) is -2.80. The number of allylic oxidation sites excluding steroid dienone is 1. The van der Waals surface area contributed by atoms with Gasteiger partial charge in [-0.25, -0.2) is 0 Å². The molecule has 4 aliphatic rings. The summed E-state index contributed by atoms with van der Waals surface area (Å²) in [4.78, 5) is 0. The molecule has 0 amide bonds. The van der Waals surface area contributed by atoms with Crippen LogP contribution in [0.4, 0.5) is 0 Å². The topological polar surface area (TPSA) is 291 Å². The van der Waals surface area contributed by atoms with Crippen molar-refractivity contribution in [1.82, 2.24) is 0 Å². The Morgan fingerprint density at radius 3 is 2.14 bits per heavy atom. The summed E-state index contributed by atoms with van der Waals surface area (Å²) >= 11 is 0. The lowest BCUT2D eigenvalue weighted by molar-refractivity contribution is -0.330. The number of aliphatic hydroxyl groups excluding tert-OH is 5. The van der Waals surface area contributed by atoms with Gasteiger partial charge in [0.1, 0.15) is 58.9 Å². The summed E-state index contributed by atoms with van der Waals surface area (Å²) < 4.78 is 40.3. The SMILES string of the molecule is COc1cc(C2=C([OH+]C3OC(CO)C(O)C(O)C3O)C3=CC(c4c(O)cc(O)c5c4OC(c4ccc(O)c(O)c4)C(O)C5)Oc4cc(O)cc(c43)O2)cc(OC)c1O. The highest BCUT2D eigenvalue weighted by Crippen LogP contribution is 2.56. The van der Waals surface area contributed by atoms with Gasteiger partial charge in [-0.05, 0) is 35.9 Å². The maximum Gasteiger partial charge on any atom is 0.326 e. The first kappa shape index (κ1) is 38.6. The minimum Gasteiger partial charge on any atom is -0.555 e. The Morgan fingerprint density at radius 2 is 1.47 bits per heavy atom. The van der Waals surface area contributed by atoms with Crippen LogP contribution in [0.15, 0.2) is 60.4 Å². The van der Waals surface area contributed by atoms with Crippen molar-refractivity contribution in [3.05, 3.63) is 88.2 Å². The van der Waals surface area contributed by atoms with Crippen LogP contribution in [0.25, 0.3) is 11.3 Å². The number of ether oxygens (including phenoxy) is 7. The Labute approximate surface area is 328 Å². The molecule has 0 spiro atoms. The third-order valence-corrected chi connectivity index (χ3v) is 10.4. The van der Waals surface area contributed by atoms with E-state index < -0.39 is 78.6 Å². The first-order valence-corrected chi connectivity index (χ1v) is 17.8. The summed E-state index contributed by atoms with van der Waals surface area (Å²) in [7, 11) is 2.61. The number of methoxy groups -OCH3 is 2. The minimum atomic E-state index is -1.84. The molecule has 0 radical (unpaired) electrons. The third-order valence-electron chi connectivity index (χ3n) is 10.4. The van der Waals surface area contributed by atoms with Crippen LogP contribution in [0.5, 0.6) is 63.2 Å². The molecule has 0 aliphatic carbocycles. The largest absolute Gasteiger partial charge is 0.555 e. The molecule has 306 valence electrons. The van der Waals surface area contributed by atoms with Gasteiger partial charge < -0.3 is 84.6 Å². The van der Waals surface area contributed by atoms with Gasteiger partial charge in [0.05, 0.1) is 43.6 Å². The van der Waals surface area contributed by atoms with E-state index >= 15 is 0 Å². The van der Waals surface area contributed by atoms with Crippen molar-refractivity contribution in [1.29, 1.82) is 0 Å². The van der Waals surface area contributed by atoms with E-state index in [1.165, 1.54) is 62.8 Å². The van der Waals surface area contributed by atoms with Crippen molar-refractivity contribution < 1.29 is 89.3 Å². The predicted molar refractivity (Wildman–Crippen MR) is 197 cm³/mol. The smallest absolute Gasteiger partial charge is 0.326 e. The van der Waals surface area contributed by atoms with E-state index in [0.29, 0.717) is 0 Å². The molecule has 18 heteroatoms. The number of benzene rings is 4. The van der Waals surface area contributed by atoms with Crippen LogP contribution in [0.1, 0.15) is 40.0 Å². The number of aromatic hydroxyl groups is 6. The number of fused-ring (bicyclic) bond motifs is 1. The van der Waals surface area contributed by atoms with E-state index in [9.17, 15) is 56.2 Å². The Bertz CT molecular complexity index is 2330. The average Bonchev–Trinajstić information content (AvgIpc) is 3.19. The number of phenolic OH excluding ortho intramolecular Hbond substituents is 6. The lowest BCUT2D eigenvalue weighted by atomic mass is 9.88. The molecule has 0 bridgehead atoms. The quantitative estimate of drug-likeness (QED) is 0.0890. The molecule has 4 aromatic rings. The highest BCUT2D eigenvalue weighted by molar-refractivity contribution is 5.95. The van der Waals surface area contributed by atoms with Crippen LogP contribution in [0, 0.1) is 0 Å². The standard InChI is InChI=1S/C40H38O18/c1-52-27-6-15(7-28(53-2)32(27)48)37-39(58-40-35(51)34(50)33(49)29(13-41)56-40)18-11-26(54-24-8-16(42)9-25(55-37)30(18)24)31-22(46)12-20(44)17-10-23(47)36(57-38(17)31)14-3-4-19(43)21(45)5-14/h3-9,11-12,23,26,29,33-36,40-51H,10,13H2,1-2H3/p+1. The molecular formula is C40H39O18+. The molecule has 0 aromatic heterocycles. The zero-order chi connectivity index (χ0) is 41.3. The van der Waals surface area contributed by atoms with E-state index in [4.69, 9.17) is 28.4 Å². The van der Waals surface area contributed by atoms with Gasteiger partial charge in [-0.2, -0.15) is 0 Å². The van der Waals surface area contributed by atoms with Crippen molar-refractivity contribution >= 4 is 11.3 Å². The lowest BCUT2D eigenvalue weighted by Gasteiger charge is -2.39. The highest BCUT2D eigenvalue weighted by Gasteiger charge is 2.50. The molecule has 8 rings (SSSR count). The second kappa shape index (κ2) is 14.6. The molecule has 12 N–H and O–H groups in total. The van der Waals surface area contributed by atoms with Crippen molar-refractivity contribution in [2.75, 3.05) is 20.8 Å². The molecule has 1 saturated heterocycles. The second-order valence-electron chi connectivity index (χ2n) is 14.0. The first-order chi connectivity index (χ1) is 27.7. The number of aliphatic hydroxyl groups is 7. The number of hydrogen-bond acceptors (Lipinski definition) is 17. The number of rotatable bonds is 8. The van der Waals surface area contributed by atoms with Gasteiger partial charge in [0.15, 0.2) is 35.2 Å². The molecule has 0 saturated carbocycles. The first-order valence-electron chi connectivity index (χ1n) is 17.8. The minimum absolute atomic E-state index is 0.00371. The maximum absolute atomic E-state index is 11.5. The highest BCUT2D eigenvalue weighted by atomic mass is 16.7. The molecular weight excluding hydrogens is 768 g/mol. The molecule has 58 heavy (non-hydrogen) atoms. The maximum atomic E-state index is 11.5. The van der Waals surface area contributed by atoms with Crippen molar-refractivity contribution in [3.8, 4) is 63.2 Å². The van der Waals surface area contributed by atoms with Gasteiger partial charge in [-0.15, -0.1) is 0 Å². The van der Waals surface area contributed by atoms with E-state index in [2.05, 4.69) is 4.74 Å². The van der Waals surface area contributed by atoms with Crippen LogP contribution in [-0.2, 0) is 11.2 Å². The summed E-state index contributed by atoms with van der Waals surface area (Å²) in [5, 5.41) is 118. The predicted octanol–water partition coefficient (Wildman–Crippen LogP) is 1.58. The van der Waals surface area contributed by atoms with Crippen LogP contribution < -0.4 is 23.7 Å². The summed E-state index contributed by atoms with van der Waals surface area (Å²) in [5.41, 5.74) is 0.881. The van der Waals surface area contributed by atoms with Crippen LogP contribution >= 0.6 is 0 Å². The average molecular weight is 808 g/mol. The van der Waals surface area contributed by atoms with Crippen LogP contribution in [-0.4, -0.2) is 119 Å². The zero-order valence-electron chi connectivity index (χ0n) is 30.5. The Hall–Kier alpha value is -6.28. The zero-order valence-corrected chi connectivity index (χ0v) is 30.5. The van der Waals surface area contributed by atoms with Gasteiger partial charge in [0, 0.05) is 35.7 Å². The van der Waals surface area contributed by atoms with Crippen LogP contribution in [0.3, 0.4) is 0 Å². The summed E-state index contributed by atoms with van der Waals surface area (Å²) in [6, 6.07) is 10.2. The summed E-state index contributed by atoms with van der Waals surface area (Å²) in [6.45, 7) is -0.749. The van der Waals surface area contributed by atoms with E-state index in [-0.39, 0.29) is 91.6 Å². The van der Waals surface area contributed by atoms with Gasteiger partial charge >= 0.3 is 12.0 Å². The van der Waals surface area contributed by atoms with E-state index in [0.717, 1.165) is 6.07 Å². The molecule has 4 heterocycles. The molecule has 8 unspecified atom stereocenters. The molecule has 8 atom stereocenters. The number of hydrogen-bond donors (Lipinski definition) is 11. The van der Waals surface area contributed by atoms with Gasteiger partial charge in [-0.1, -0.05) is 6.07 Å². The fourth-order valence-corrected chi connectivity index (χ4v) is 7.53. The van der Waals surface area contributed by atoms with Crippen LogP contribution in [0.2, 0.25) is 0 Å². The second-order valence-corrected chi connectivity index (χ2v) is 14.0. The molecule has 4 aromatic carbocycles. The Morgan fingerprint density at radius 1 is 0.759 bits per heavy atom. The molecule has 18 nitrogen and oxygen atoms in total. The fourth-order valence-electron chi connectivity index (χ4n) is 7.53. The monoisotopic (exact) mass is 807 g/mol. The number of phenols is 6. The summed E-state index contributed by atoms with van der Waals surface area (Å²) in [6.07, 6.45) is -10.8. The van der Waals surface area contributed by atoms with Crippen molar-refractivity contribution in [2.45, 2.75) is 55.4 Å². The van der Waals surface area contributed by atoms with Gasteiger partial charge in [0.25, 0.3) is 0 Å². The molecule has 1 fully saturated rings. The Kier molecular flexibility index (Phi) is 9.70. The van der Waals surface area contributed by atoms with Gasteiger partial charge in [-0.3, -0.25) is 4.74 Å². The fraction of sp³-hybridized carbons (Fsp3) is 0.300. The van der Waals surface area contributed by atoms with E-state index in [1.54, 1.807) is 0 Å². The van der Waals surface area contributed by atoms with Crippen molar-refractivity contribution in [3.63, 3.8) is 0 Å². The third kappa shape index (κ3) is 6.31. The van der Waals surface area contributed by atoms with Gasteiger partial charge in [0.2, 0.25) is 11.5 Å².